The molecular weight excluding hydrogens is 358 g/mol. The molecule has 25 heavy (non-hydrogen) atoms. The largest absolute Gasteiger partial charge is 0.280 e. The van der Waals surface area contributed by atoms with Gasteiger partial charge in [0.05, 0.1) is 10.9 Å². The molecule has 0 atom stereocenters. The van der Waals surface area contributed by atoms with Crippen LogP contribution in [0.5, 0.6) is 0 Å². The highest BCUT2D eigenvalue weighted by molar-refractivity contribution is 7.99. The van der Waals surface area contributed by atoms with Crippen molar-refractivity contribution in [3.05, 3.63) is 70.2 Å². The molecule has 0 aliphatic rings. The summed E-state index contributed by atoms with van der Waals surface area (Å²) in [5.74, 6) is 0.593. The van der Waals surface area contributed by atoms with E-state index in [1.54, 1.807) is 30.0 Å². The summed E-state index contributed by atoms with van der Waals surface area (Å²) in [5.41, 5.74) is 2.91. The fourth-order valence-corrected chi connectivity index (χ4v) is 3.27. The van der Waals surface area contributed by atoms with E-state index in [1.807, 2.05) is 30.3 Å². The van der Waals surface area contributed by atoms with E-state index in [4.69, 9.17) is 11.6 Å². The molecule has 0 radical (unpaired) electrons. The van der Waals surface area contributed by atoms with Gasteiger partial charge < -0.3 is 0 Å². The second-order valence-electron chi connectivity index (χ2n) is 5.38. The van der Waals surface area contributed by atoms with E-state index in [2.05, 4.69) is 10.4 Å². The number of thioether (sulfide) groups is 1. The minimum absolute atomic E-state index is 0.212. The van der Waals surface area contributed by atoms with Crippen molar-refractivity contribution in [3.63, 3.8) is 0 Å². The van der Waals surface area contributed by atoms with E-state index in [-0.39, 0.29) is 11.5 Å². The first kappa shape index (κ1) is 17.5. The fourth-order valence-electron chi connectivity index (χ4n) is 2.29. The molecule has 0 spiro atoms. The third kappa shape index (κ3) is 4.61. The first-order valence-electron chi connectivity index (χ1n) is 7.78. The molecule has 1 aromatic heterocycles. The van der Waals surface area contributed by atoms with Crippen LogP contribution in [-0.2, 0) is 4.79 Å². The molecule has 0 unspecified atom stereocenters. The van der Waals surface area contributed by atoms with Gasteiger partial charge in [-0.25, -0.2) is 9.66 Å². The maximum Gasteiger partial charge on any atom is 0.280 e. The Hall–Kier alpha value is -2.31. The summed E-state index contributed by atoms with van der Waals surface area (Å²) in [7, 11) is 0. The highest BCUT2D eigenvalue weighted by Crippen LogP contribution is 2.21. The number of amides is 1. The maximum atomic E-state index is 12.3. The van der Waals surface area contributed by atoms with Crippen molar-refractivity contribution in [1.82, 2.24) is 9.66 Å². The van der Waals surface area contributed by atoms with Gasteiger partial charge >= 0.3 is 0 Å². The van der Waals surface area contributed by atoms with E-state index in [0.717, 1.165) is 15.3 Å². The molecule has 0 fully saturated rings. The van der Waals surface area contributed by atoms with E-state index in [9.17, 15) is 9.59 Å². The van der Waals surface area contributed by atoms with Gasteiger partial charge in [0.2, 0.25) is 5.91 Å². The number of benzene rings is 2. The highest BCUT2D eigenvalue weighted by atomic mass is 35.5. The number of para-hydroxylation sites is 1. The van der Waals surface area contributed by atoms with Gasteiger partial charge in [0.25, 0.3) is 5.56 Å². The maximum absolute atomic E-state index is 12.3. The van der Waals surface area contributed by atoms with Crippen LogP contribution in [0.4, 0.5) is 0 Å². The fraction of sp³-hybridized carbons (Fsp3) is 0.167. The Kier molecular flexibility index (Phi) is 5.73. The van der Waals surface area contributed by atoms with Crippen LogP contribution < -0.4 is 11.0 Å². The summed E-state index contributed by atoms with van der Waals surface area (Å²) in [4.78, 5) is 29.6. The summed E-state index contributed by atoms with van der Waals surface area (Å²) < 4.78 is 1.14. The topological polar surface area (TPSA) is 64.0 Å². The third-order valence-electron chi connectivity index (χ3n) is 3.54. The van der Waals surface area contributed by atoms with Gasteiger partial charge in [0, 0.05) is 16.3 Å². The quantitative estimate of drug-likeness (QED) is 0.528. The number of carbonyl (C=O) groups excluding carboxylic acids is 1. The number of fused-ring (bicyclic) bond motifs is 1. The predicted octanol–water partition coefficient (Wildman–Crippen LogP) is 3.69. The van der Waals surface area contributed by atoms with Crippen molar-refractivity contribution in [1.29, 1.82) is 0 Å². The average Bonchev–Trinajstić information content (AvgIpc) is 2.63. The Balaban J connectivity index is 1.52. The molecule has 5 nitrogen and oxygen atoms in total. The lowest BCUT2D eigenvalue weighted by Gasteiger charge is -2.08. The van der Waals surface area contributed by atoms with Crippen LogP contribution in [0.15, 0.2) is 64.5 Å². The number of nitrogens with one attached hydrogen (secondary N) is 1. The predicted molar refractivity (Wildman–Crippen MR) is 102 cm³/mol. The lowest BCUT2D eigenvalue weighted by Crippen LogP contribution is -2.33. The summed E-state index contributed by atoms with van der Waals surface area (Å²) in [6, 6.07) is 14.6. The zero-order valence-electron chi connectivity index (χ0n) is 13.3. The first-order chi connectivity index (χ1) is 12.1. The van der Waals surface area contributed by atoms with Crippen LogP contribution in [0.2, 0.25) is 5.02 Å². The second-order valence-corrected chi connectivity index (χ2v) is 6.98. The van der Waals surface area contributed by atoms with Crippen LogP contribution in [-0.4, -0.2) is 21.3 Å². The van der Waals surface area contributed by atoms with Gasteiger partial charge in [-0.15, -0.1) is 11.8 Å². The van der Waals surface area contributed by atoms with Gasteiger partial charge in [-0.1, -0.05) is 23.7 Å². The first-order valence-corrected chi connectivity index (χ1v) is 9.14. The SMILES string of the molecule is O=C(CCCSc1ccc(Cl)cc1)Nn1cnc2ccccc2c1=O. The molecule has 1 amide bonds. The average molecular weight is 374 g/mol. The molecule has 0 saturated carbocycles. The monoisotopic (exact) mass is 373 g/mol. The summed E-state index contributed by atoms with van der Waals surface area (Å²) in [6.45, 7) is 0. The van der Waals surface area contributed by atoms with E-state index in [1.165, 1.54) is 6.33 Å². The number of halogens is 1. The van der Waals surface area contributed by atoms with Gasteiger partial charge in [0.15, 0.2) is 0 Å². The molecule has 3 aromatic rings. The molecule has 0 aliphatic carbocycles. The molecule has 128 valence electrons. The molecular formula is C18H16ClN3O2S. The van der Waals surface area contributed by atoms with Crippen molar-refractivity contribution in [2.24, 2.45) is 0 Å². The van der Waals surface area contributed by atoms with Crippen molar-refractivity contribution in [2.75, 3.05) is 11.2 Å². The second kappa shape index (κ2) is 8.18. The molecule has 0 bridgehead atoms. The molecule has 1 heterocycles. The number of aromatic nitrogens is 2. The van der Waals surface area contributed by atoms with Gasteiger partial charge in [-0.2, -0.15) is 0 Å². The van der Waals surface area contributed by atoms with Gasteiger partial charge in [-0.3, -0.25) is 15.0 Å². The molecule has 1 N–H and O–H groups in total. The molecule has 7 heteroatoms. The molecule has 2 aromatic carbocycles. The normalized spacial score (nSPS) is 10.8. The van der Waals surface area contributed by atoms with Crippen LogP contribution in [0.1, 0.15) is 12.8 Å². The number of nitrogens with zero attached hydrogens (tertiary/aromatic N) is 2. The van der Waals surface area contributed by atoms with Crippen molar-refractivity contribution < 1.29 is 4.79 Å². The summed E-state index contributed by atoms with van der Waals surface area (Å²) in [6.07, 6.45) is 2.37. The van der Waals surface area contributed by atoms with Crippen molar-refractivity contribution >= 4 is 40.2 Å². The summed E-state index contributed by atoms with van der Waals surface area (Å²) in [5, 5.41) is 1.18. The number of hydrogen-bond acceptors (Lipinski definition) is 4. The standard InChI is InChI=1S/C18H16ClN3O2S/c19-13-7-9-14(10-8-13)25-11-3-6-17(23)21-22-12-20-16-5-2-1-4-15(16)18(22)24/h1-2,4-5,7-10,12H,3,6,11H2,(H,21,23). The lowest BCUT2D eigenvalue weighted by atomic mass is 10.2. The summed E-state index contributed by atoms with van der Waals surface area (Å²) >= 11 is 7.51. The van der Waals surface area contributed by atoms with Crippen molar-refractivity contribution in [3.8, 4) is 0 Å². The smallest absolute Gasteiger partial charge is 0.273 e. The van der Waals surface area contributed by atoms with Crippen LogP contribution in [0.3, 0.4) is 0 Å². The molecule has 0 aliphatic heterocycles. The Morgan fingerprint density at radius 2 is 1.92 bits per heavy atom. The molecule has 3 rings (SSSR count). The lowest BCUT2D eigenvalue weighted by molar-refractivity contribution is -0.117. The van der Waals surface area contributed by atoms with Crippen LogP contribution >= 0.6 is 23.4 Å². The van der Waals surface area contributed by atoms with E-state index in [0.29, 0.717) is 28.8 Å². The highest BCUT2D eigenvalue weighted by Gasteiger charge is 2.07. The number of rotatable bonds is 6. The zero-order chi connectivity index (χ0) is 17.6. The Labute approximate surface area is 154 Å². The minimum atomic E-state index is -0.283. The van der Waals surface area contributed by atoms with Crippen LogP contribution in [0, 0.1) is 0 Å². The van der Waals surface area contributed by atoms with E-state index >= 15 is 0 Å². The Bertz CT molecular complexity index is 941. The Morgan fingerprint density at radius 1 is 1.16 bits per heavy atom. The third-order valence-corrected chi connectivity index (χ3v) is 4.89. The Morgan fingerprint density at radius 3 is 2.72 bits per heavy atom. The van der Waals surface area contributed by atoms with Crippen molar-refractivity contribution in [2.45, 2.75) is 17.7 Å². The van der Waals surface area contributed by atoms with Gasteiger partial charge in [-0.05, 0) is 48.6 Å². The zero-order valence-corrected chi connectivity index (χ0v) is 14.9. The molecule has 0 saturated heterocycles. The van der Waals surface area contributed by atoms with E-state index < -0.39 is 0 Å². The number of hydrogen-bond donors (Lipinski definition) is 1. The minimum Gasteiger partial charge on any atom is -0.273 e. The van der Waals surface area contributed by atoms with Crippen LogP contribution in [0.25, 0.3) is 10.9 Å². The van der Waals surface area contributed by atoms with Gasteiger partial charge in [0.1, 0.15) is 6.33 Å². The number of carbonyl (C=O) groups is 1.